The third-order valence-corrected chi connectivity index (χ3v) is 4.86. The molecule has 2 rings (SSSR count). The summed E-state index contributed by atoms with van der Waals surface area (Å²) >= 11 is 6.34. The Hall–Kier alpha value is -1.21. The van der Waals surface area contributed by atoms with Crippen LogP contribution in [-0.4, -0.2) is 16.4 Å². The molecule has 0 aromatic heterocycles. The van der Waals surface area contributed by atoms with E-state index in [0.717, 1.165) is 24.3 Å². The fraction of sp³-hybridized carbons (Fsp3) is 0.235. The van der Waals surface area contributed by atoms with Crippen molar-refractivity contribution in [1.29, 1.82) is 0 Å². The van der Waals surface area contributed by atoms with Crippen LogP contribution in [0.2, 0.25) is 0 Å². The fourth-order valence-electron chi connectivity index (χ4n) is 2.45. The number of hydrogen-bond donors (Lipinski definition) is 0. The van der Waals surface area contributed by atoms with Crippen molar-refractivity contribution in [2.45, 2.75) is 11.8 Å². The Labute approximate surface area is 153 Å². The summed E-state index contributed by atoms with van der Waals surface area (Å²) in [4.78, 5) is 12.8. The van der Waals surface area contributed by atoms with Gasteiger partial charge in [0.25, 0.3) is 0 Å². The molecule has 0 aliphatic carbocycles. The second-order valence-corrected chi connectivity index (χ2v) is 6.52. The van der Waals surface area contributed by atoms with Crippen LogP contribution in [0.4, 0.5) is 17.6 Å². The van der Waals surface area contributed by atoms with Gasteiger partial charge in [0.15, 0.2) is 0 Å². The highest BCUT2D eigenvalue weighted by Crippen LogP contribution is 2.31. The Kier molecular flexibility index (Phi) is 6.57. The summed E-state index contributed by atoms with van der Waals surface area (Å²) in [7, 11) is 0. The summed E-state index contributed by atoms with van der Waals surface area (Å²) in [5.41, 5.74) is 0.328. The van der Waals surface area contributed by atoms with E-state index < -0.39 is 40.9 Å². The van der Waals surface area contributed by atoms with Crippen LogP contribution in [0.1, 0.15) is 23.0 Å². The highest BCUT2D eigenvalue weighted by atomic mass is 79.9. The Bertz CT molecular complexity index is 649. The predicted molar refractivity (Wildman–Crippen MR) is 90.8 cm³/mol. The smallest absolute Gasteiger partial charge is 0.149 e. The van der Waals surface area contributed by atoms with E-state index >= 15 is 0 Å². The average molecular weight is 468 g/mol. The molecule has 0 N–H and O–H groups in total. The van der Waals surface area contributed by atoms with Gasteiger partial charge in [0.1, 0.15) is 29.1 Å². The van der Waals surface area contributed by atoms with Gasteiger partial charge in [-0.15, -0.1) is 0 Å². The molecule has 0 amide bonds. The molecule has 1 nitrogen and oxygen atoms in total. The summed E-state index contributed by atoms with van der Waals surface area (Å²) in [5, 5.41) is 0.242. The van der Waals surface area contributed by atoms with Crippen molar-refractivity contribution in [3.05, 3.63) is 70.8 Å². The van der Waals surface area contributed by atoms with Crippen LogP contribution in [0.25, 0.3) is 0 Å². The van der Waals surface area contributed by atoms with Crippen molar-refractivity contribution in [1.82, 2.24) is 0 Å². The summed E-state index contributed by atoms with van der Waals surface area (Å²) < 4.78 is 53.7. The Balaban J connectivity index is 2.41. The van der Waals surface area contributed by atoms with Gasteiger partial charge in [-0.1, -0.05) is 31.9 Å². The zero-order valence-electron chi connectivity index (χ0n) is 12.2. The highest BCUT2D eigenvalue weighted by Gasteiger charge is 2.29. The van der Waals surface area contributed by atoms with Crippen LogP contribution in [0, 0.1) is 23.3 Å². The lowest BCUT2D eigenvalue weighted by Gasteiger charge is -2.21. The lowest BCUT2D eigenvalue weighted by atomic mass is 9.85. The molecule has 0 radical (unpaired) electrons. The molecular formula is C17H12Br2F4O. The number of hydrogen-bond acceptors (Lipinski definition) is 1. The van der Waals surface area contributed by atoms with Gasteiger partial charge in [0.2, 0.25) is 0 Å². The summed E-state index contributed by atoms with van der Waals surface area (Å²) in [6, 6.07) is 5.72. The quantitative estimate of drug-likeness (QED) is 0.406. The van der Waals surface area contributed by atoms with E-state index in [1.807, 2.05) is 0 Å². The minimum atomic E-state index is -0.857. The second kappa shape index (κ2) is 8.25. The number of ketones is 1. The lowest BCUT2D eigenvalue weighted by molar-refractivity contribution is -0.121. The van der Waals surface area contributed by atoms with Gasteiger partial charge < -0.3 is 0 Å². The van der Waals surface area contributed by atoms with Crippen LogP contribution in [0.5, 0.6) is 0 Å². The van der Waals surface area contributed by atoms with E-state index in [-0.39, 0.29) is 21.8 Å². The third kappa shape index (κ3) is 4.45. The van der Waals surface area contributed by atoms with E-state index in [1.54, 1.807) is 0 Å². The fourth-order valence-corrected chi connectivity index (χ4v) is 3.84. The molecule has 0 bridgehead atoms. The van der Waals surface area contributed by atoms with Crippen molar-refractivity contribution in [2.75, 3.05) is 10.7 Å². The van der Waals surface area contributed by atoms with Gasteiger partial charge >= 0.3 is 0 Å². The Morgan fingerprint density at radius 2 is 1.00 bits per heavy atom. The number of Topliss-reactive ketones (excluding diaryl/α,β-unsaturated/α-hetero) is 1. The average Bonchev–Trinajstić information content (AvgIpc) is 2.46. The first-order chi connectivity index (χ1) is 11.3. The first-order valence-electron chi connectivity index (χ1n) is 6.93. The number of carbonyl (C=O) groups is 1. The normalized spacial score (nSPS) is 13.6. The van der Waals surface area contributed by atoms with Gasteiger partial charge in [-0.05, 0) is 35.4 Å². The number of halogens is 6. The molecule has 0 fully saturated rings. The molecule has 128 valence electrons. The molecule has 2 aromatic carbocycles. The van der Waals surface area contributed by atoms with Gasteiger partial charge in [-0.2, -0.15) is 0 Å². The van der Waals surface area contributed by atoms with Crippen LogP contribution in [0.15, 0.2) is 36.4 Å². The standard InChI is InChI=1S/C17H12Br2F4O/c18-7-15(9-1-11(20)5-12(21)2-9)17(24)16(8-19)10-3-13(22)6-14(23)4-10/h1-6,15-16H,7-8H2. The van der Waals surface area contributed by atoms with Crippen molar-refractivity contribution in [3.8, 4) is 0 Å². The van der Waals surface area contributed by atoms with Crippen molar-refractivity contribution >= 4 is 37.6 Å². The molecule has 0 heterocycles. The van der Waals surface area contributed by atoms with E-state index in [9.17, 15) is 22.4 Å². The molecule has 0 aliphatic heterocycles. The topological polar surface area (TPSA) is 17.1 Å². The molecule has 2 atom stereocenters. The summed E-state index contributed by atoms with van der Waals surface area (Å²) in [6.07, 6.45) is 0. The minimum absolute atomic E-state index is 0.121. The maximum atomic E-state index is 13.4. The maximum absolute atomic E-state index is 13.4. The molecule has 0 aliphatic rings. The first-order valence-corrected chi connectivity index (χ1v) is 9.17. The molecule has 7 heteroatoms. The van der Waals surface area contributed by atoms with E-state index in [2.05, 4.69) is 31.9 Å². The number of alkyl halides is 2. The van der Waals surface area contributed by atoms with Gasteiger partial charge in [-0.25, -0.2) is 17.6 Å². The molecule has 0 saturated heterocycles. The van der Waals surface area contributed by atoms with Crippen molar-refractivity contribution in [3.63, 3.8) is 0 Å². The lowest BCUT2D eigenvalue weighted by Crippen LogP contribution is -2.23. The molecule has 0 saturated carbocycles. The Morgan fingerprint density at radius 3 is 1.25 bits per heavy atom. The summed E-state index contributed by atoms with van der Waals surface area (Å²) in [6.45, 7) is 0. The maximum Gasteiger partial charge on any atom is 0.149 e. The predicted octanol–water partition coefficient (Wildman–Crippen LogP) is 5.47. The minimum Gasteiger partial charge on any atom is -0.298 e. The van der Waals surface area contributed by atoms with Gasteiger partial charge in [-0.3, -0.25) is 4.79 Å². The molecule has 0 spiro atoms. The monoisotopic (exact) mass is 466 g/mol. The third-order valence-electron chi connectivity index (χ3n) is 3.57. The molecule has 24 heavy (non-hydrogen) atoms. The van der Waals surface area contributed by atoms with Crippen LogP contribution in [-0.2, 0) is 4.79 Å². The van der Waals surface area contributed by atoms with E-state index in [1.165, 1.54) is 0 Å². The molecule has 2 aromatic rings. The number of rotatable bonds is 6. The zero-order valence-corrected chi connectivity index (χ0v) is 15.4. The number of benzene rings is 2. The SMILES string of the molecule is O=C(C(CBr)c1cc(F)cc(F)c1)C(CBr)c1cc(F)cc(F)c1. The second-order valence-electron chi connectivity index (χ2n) is 5.22. The largest absolute Gasteiger partial charge is 0.298 e. The summed E-state index contributed by atoms with van der Waals surface area (Å²) in [5.74, 6) is -5.30. The Morgan fingerprint density at radius 1 is 0.708 bits per heavy atom. The van der Waals surface area contributed by atoms with E-state index in [4.69, 9.17) is 0 Å². The van der Waals surface area contributed by atoms with Crippen LogP contribution >= 0.6 is 31.9 Å². The van der Waals surface area contributed by atoms with E-state index in [0.29, 0.717) is 12.1 Å². The van der Waals surface area contributed by atoms with Crippen molar-refractivity contribution in [2.24, 2.45) is 0 Å². The first kappa shape index (κ1) is 19.1. The van der Waals surface area contributed by atoms with Crippen LogP contribution < -0.4 is 0 Å². The van der Waals surface area contributed by atoms with Gasteiger partial charge in [0, 0.05) is 22.8 Å². The number of carbonyl (C=O) groups excluding carboxylic acids is 1. The van der Waals surface area contributed by atoms with Crippen molar-refractivity contribution < 1.29 is 22.4 Å². The highest BCUT2D eigenvalue weighted by molar-refractivity contribution is 9.09. The van der Waals surface area contributed by atoms with Gasteiger partial charge in [0.05, 0.1) is 11.8 Å². The molecule has 2 unspecified atom stereocenters. The zero-order chi connectivity index (χ0) is 17.9. The van der Waals surface area contributed by atoms with Crippen LogP contribution in [0.3, 0.4) is 0 Å². The molecular weight excluding hydrogens is 456 g/mol.